The van der Waals surface area contributed by atoms with Gasteiger partial charge in [0, 0.05) is 22.3 Å². The first-order chi connectivity index (χ1) is 13.0. The average molecular weight is 425 g/mol. The molecule has 0 aliphatic carbocycles. The van der Waals surface area contributed by atoms with Gasteiger partial charge in [0.05, 0.1) is 23.8 Å². The van der Waals surface area contributed by atoms with Crippen LogP contribution in [-0.4, -0.2) is 54.9 Å². The lowest BCUT2D eigenvalue weighted by atomic mass is 9.95. The first-order valence-electron chi connectivity index (χ1n) is 9.14. The molecule has 3 aliphatic heterocycles. The van der Waals surface area contributed by atoms with E-state index in [0.29, 0.717) is 24.3 Å². The van der Waals surface area contributed by atoms with E-state index < -0.39 is 5.60 Å². The fourth-order valence-corrected chi connectivity index (χ4v) is 7.30. The van der Waals surface area contributed by atoms with E-state index in [1.165, 1.54) is 22.7 Å². The lowest BCUT2D eigenvalue weighted by Gasteiger charge is -2.45. The zero-order valence-corrected chi connectivity index (χ0v) is 18.0. The summed E-state index contributed by atoms with van der Waals surface area (Å²) in [5.74, 6) is -0.325. The summed E-state index contributed by atoms with van der Waals surface area (Å²) < 4.78 is 18.7. The van der Waals surface area contributed by atoms with Gasteiger partial charge in [0.25, 0.3) is 0 Å². The second kappa shape index (κ2) is 6.34. The molecule has 0 radical (unpaired) electrons. The topological polar surface area (TPSA) is 48.1 Å². The lowest BCUT2D eigenvalue weighted by Crippen LogP contribution is -2.60. The molecule has 5 unspecified atom stereocenters. The van der Waals surface area contributed by atoms with Crippen LogP contribution in [0.15, 0.2) is 35.0 Å². The van der Waals surface area contributed by atoms with Crippen molar-refractivity contribution in [3.8, 4) is 0 Å². The zero-order chi connectivity index (χ0) is 18.8. The highest BCUT2D eigenvalue weighted by atomic mass is 32.1. The number of morpholine rings is 1. The van der Waals surface area contributed by atoms with Gasteiger partial charge in [0.15, 0.2) is 0 Å². The van der Waals surface area contributed by atoms with Crippen LogP contribution in [0, 0.1) is 0 Å². The number of piperidine rings is 1. The van der Waals surface area contributed by atoms with Gasteiger partial charge in [-0.1, -0.05) is 12.1 Å². The summed E-state index contributed by atoms with van der Waals surface area (Å²) in [6.45, 7) is 0. The molecule has 5 nitrogen and oxygen atoms in total. The molecule has 2 bridgehead atoms. The van der Waals surface area contributed by atoms with Gasteiger partial charge in [-0.25, -0.2) is 4.79 Å². The number of fused-ring (bicyclic) bond motifs is 5. The minimum Gasteiger partial charge on any atom is -0.459 e. The van der Waals surface area contributed by atoms with Crippen LogP contribution >= 0.6 is 32.1 Å². The summed E-state index contributed by atoms with van der Waals surface area (Å²) in [6, 6.07) is 8.55. The van der Waals surface area contributed by atoms with Gasteiger partial charge >= 0.3 is 5.97 Å². The Bertz CT molecular complexity index is 784. The van der Waals surface area contributed by atoms with Crippen LogP contribution in [0.4, 0.5) is 0 Å². The van der Waals surface area contributed by atoms with E-state index in [1.807, 2.05) is 35.0 Å². The highest BCUT2D eigenvalue weighted by molar-refractivity contribution is 7.13. The van der Waals surface area contributed by atoms with Gasteiger partial charge in [-0.15, -0.1) is 22.7 Å². The number of esters is 1. The molecule has 0 aromatic carbocycles. The highest BCUT2D eigenvalue weighted by Crippen LogP contribution is 2.52. The maximum absolute atomic E-state index is 13.5. The van der Waals surface area contributed by atoms with E-state index in [2.05, 4.69) is 23.6 Å². The molecular formula is C19H23NO4PS2+. The van der Waals surface area contributed by atoms with E-state index >= 15 is 0 Å². The molecule has 0 saturated carbocycles. The van der Waals surface area contributed by atoms with Gasteiger partial charge in [-0.3, -0.25) is 0 Å². The molecule has 5 heterocycles. The molecule has 8 heteroatoms. The predicted molar refractivity (Wildman–Crippen MR) is 108 cm³/mol. The number of ether oxygens (including phenoxy) is 2. The van der Waals surface area contributed by atoms with Gasteiger partial charge in [-0.2, -0.15) is 0 Å². The molecule has 2 aromatic heterocycles. The minimum atomic E-state index is -1.21. The molecule has 0 N–H and O–H groups in total. The Balaban J connectivity index is 1.42. The monoisotopic (exact) mass is 424 g/mol. The lowest BCUT2D eigenvalue weighted by molar-refractivity contribution is -0.938. The molecule has 3 aliphatic rings. The number of carbonyl (C=O) groups excluding carboxylic acids is 1. The third-order valence-corrected chi connectivity index (χ3v) is 8.81. The van der Waals surface area contributed by atoms with Crippen LogP contribution in [0.5, 0.6) is 0 Å². The Labute approximate surface area is 169 Å². The predicted octanol–water partition coefficient (Wildman–Crippen LogP) is 3.16. The molecule has 3 fully saturated rings. The molecule has 144 valence electrons. The number of thiophene rings is 2. The number of epoxide rings is 1. The normalized spacial score (nSPS) is 33.5. The summed E-state index contributed by atoms with van der Waals surface area (Å²) in [4.78, 5) is 15.1. The van der Waals surface area contributed by atoms with Gasteiger partial charge in [0.1, 0.15) is 30.4 Å². The Morgan fingerprint density at radius 1 is 1.15 bits per heavy atom. The van der Waals surface area contributed by atoms with E-state index in [1.54, 1.807) is 0 Å². The van der Waals surface area contributed by atoms with Crippen molar-refractivity contribution in [1.29, 1.82) is 0 Å². The first kappa shape index (κ1) is 18.2. The third-order valence-electron chi connectivity index (χ3n) is 6.51. The SMILES string of the molecule is C[N+]1(C)C2CC(OC(=O)C(OP)(c3cccs3)c3cccs3)CC1C1OC12. The number of quaternary nitrogens is 1. The van der Waals surface area contributed by atoms with Crippen molar-refractivity contribution >= 4 is 38.1 Å². The molecule has 0 amide bonds. The number of rotatable bonds is 5. The number of nitrogens with zero attached hydrogens (tertiary/aromatic N) is 1. The maximum atomic E-state index is 13.5. The van der Waals surface area contributed by atoms with E-state index in [4.69, 9.17) is 14.0 Å². The average Bonchev–Trinajstić information content (AvgIpc) is 3.00. The summed E-state index contributed by atoms with van der Waals surface area (Å²) in [7, 11) is 6.83. The minimum absolute atomic E-state index is 0.0884. The molecule has 2 aromatic rings. The van der Waals surface area contributed by atoms with Gasteiger partial charge in [0.2, 0.25) is 5.60 Å². The van der Waals surface area contributed by atoms with Crippen LogP contribution < -0.4 is 0 Å². The molecule has 5 atom stereocenters. The zero-order valence-electron chi connectivity index (χ0n) is 15.2. The van der Waals surface area contributed by atoms with Crippen LogP contribution in [-0.2, 0) is 24.4 Å². The largest absolute Gasteiger partial charge is 0.459 e. The van der Waals surface area contributed by atoms with Gasteiger partial charge in [-0.05, 0) is 22.9 Å². The second-order valence-electron chi connectivity index (χ2n) is 8.08. The Morgan fingerprint density at radius 3 is 2.15 bits per heavy atom. The number of carbonyl (C=O) groups is 1. The van der Waals surface area contributed by atoms with Crippen LogP contribution in [0.1, 0.15) is 22.6 Å². The van der Waals surface area contributed by atoms with Crippen molar-refractivity contribution in [2.75, 3.05) is 14.1 Å². The Kier molecular flexibility index (Phi) is 4.28. The standard InChI is InChI=1S/C19H23NO4PS2/c1-20(2)12-9-11(10-13(20)17-16(12)23-17)22-18(21)19(24-25,14-5-3-7-26-14)15-6-4-8-27-15/h3-8,11-13,16-17H,9-10,25H2,1-2H3/q+1. The summed E-state index contributed by atoms with van der Waals surface area (Å²) in [5, 5.41) is 3.92. The summed E-state index contributed by atoms with van der Waals surface area (Å²) in [5.41, 5.74) is -1.21. The number of hydrogen-bond donors (Lipinski definition) is 0. The molecule has 5 rings (SSSR count). The summed E-state index contributed by atoms with van der Waals surface area (Å²) >= 11 is 3.02. The fourth-order valence-electron chi connectivity index (χ4n) is 4.98. The van der Waals surface area contributed by atoms with Crippen molar-refractivity contribution in [1.82, 2.24) is 0 Å². The molecule has 3 saturated heterocycles. The van der Waals surface area contributed by atoms with Crippen molar-refractivity contribution in [3.63, 3.8) is 0 Å². The van der Waals surface area contributed by atoms with Crippen molar-refractivity contribution < 1.29 is 23.3 Å². The van der Waals surface area contributed by atoms with E-state index in [9.17, 15) is 4.79 Å². The van der Waals surface area contributed by atoms with Crippen LogP contribution in [0.25, 0.3) is 0 Å². The van der Waals surface area contributed by atoms with Crippen molar-refractivity contribution in [2.24, 2.45) is 0 Å². The highest BCUT2D eigenvalue weighted by Gasteiger charge is 2.71. The molecule has 27 heavy (non-hydrogen) atoms. The van der Waals surface area contributed by atoms with Gasteiger partial charge < -0.3 is 18.5 Å². The molecular weight excluding hydrogens is 401 g/mol. The Hall–Kier alpha value is -0.820. The maximum Gasteiger partial charge on any atom is 0.350 e. The van der Waals surface area contributed by atoms with E-state index in [-0.39, 0.29) is 12.1 Å². The van der Waals surface area contributed by atoms with Crippen molar-refractivity contribution in [2.45, 2.75) is 48.8 Å². The third kappa shape index (κ3) is 2.60. The fraction of sp³-hybridized carbons (Fsp3) is 0.526. The summed E-state index contributed by atoms with van der Waals surface area (Å²) in [6.07, 6.45) is 2.28. The second-order valence-corrected chi connectivity index (χ2v) is 10.2. The van der Waals surface area contributed by atoms with Crippen LogP contribution in [0.3, 0.4) is 0 Å². The number of hydrogen-bond acceptors (Lipinski definition) is 6. The van der Waals surface area contributed by atoms with Crippen molar-refractivity contribution in [3.05, 3.63) is 44.8 Å². The Morgan fingerprint density at radius 2 is 1.70 bits per heavy atom. The molecule has 0 spiro atoms. The van der Waals surface area contributed by atoms with E-state index in [0.717, 1.165) is 27.1 Å². The quantitative estimate of drug-likeness (QED) is 0.320. The number of likely N-dealkylation sites (N-methyl/N-ethyl adjacent to an activating group) is 1. The first-order valence-corrected chi connectivity index (χ1v) is 11.4. The van der Waals surface area contributed by atoms with Crippen LogP contribution in [0.2, 0.25) is 0 Å². The smallest absolute Gasteiger partial charge is 0.350 e.